The van der Waals surface area contributed by atoms with Crippen molar-refractivity contribution < 1.29 is 24.1 Å². The highest BCUT2D eigenvalue weighted by Crippen LogP contribution is 2.26. The molecule has 1 N–H and O–H groups in total. The zero-order chi connectivity index (χ0) is 23.1. The molecule has 1 amide bonds. The van der Waals surface area contributed by atoms with Crippen molar-refractivity contribution in [3.05, 3.63) is 87.0 Å². The van der Waals surface area contributed by atoms with Gasteiger partial charge in [0.2, 0.25) is 0 Å². The number of benzene rings is 2. The molecule has 0 radical (unpaired) electrons. The minimum atomic E-state index is -0.884. The summed E-state index contributed by atoms with van der Waals surface area (Å²) in [6.07, 6.45) is 0.691. The summed E-state index contributed by atoms with van der Waals surface area (Å²) >= 11 is 0. The molecule has 11 heteroatoms. The van der Waals surface area contributed by atoms with Crippen LogP contribution in [0.25, 0.3) is 0 Å². The first-order chi connectivity index (χ1) is 15.4. The van der Waals surface area contributed by atoms with E-state index < -0.39 is 27.3 Å². The Balaban J connectivity index is 1.64. The van der Waals surface area contributed by atoms with Crippen LogP contribution in [-0.4, -0.2) is 52.7 Å². The number of anilines is 1. The average molecular weight is 442 g/mol. The lowest BCUT2D eigenvalue weighted by Crippen LogP contribution is -2.51. The van der Waals surface area contributed by atoms with E-state index in [1.54, 1.807) is 6.08 Å². The molecule has 1 heterocycles. The van der Waals surface area contributed by atoms with Gasteiger partial charge in [-0.25, -0.2) is 4.79 Å². The van der Waals surface area contributed by atoms with Crippen molar-refractivity contribution in [2.75, 3.05) is 25.1 Å². The molecule has 3 rings (SSSR count). The molecule has 0 saturated carbocycles. The Labute approximate surface area is 183 Å². The normalized spacial score (nSPS) is 18.5. The molecule has 1 saturated heterocycles. The fraction of sp³-hybridized carbons (Fsp3) is 0.286. The molecule has 11 nitrogen and oxygen atoms in total. The van der Waals surface area contributed by atoms with E-state index in [0.29, 0.717) is 19.7 Å². The number of nitro benzene ring substituents is 2. The van der Waals surface area contributed by atoms with Gasteiger partial charge >= 0.3 is 6.09 Å². The van der Waals surface area contributed by atoms with Crippen LogP contribution in [0.5, 0.6) is 0 Å². The molecule has 1 aliphatic rings. The van der Waals surface area contributed by atoms with Gasteiger partial charge in [0.15, 0.2) is 0 Å². The lowest BCUT2D eigenvalue weighted by atomic mass is 10.1. The van der Waals surface area contributed by atoms with E-state index in [1.807, 2.05) is 30.3 Å². The first kappa shape index (κ1) is 22.8. The third kappa shape index (κ3) is 6.09. The van der Waals surface area contributed by atoms with Gasteiger partial charge in [-0.15, -0.1) is 6.58 Å². The standard InChI is InChI=1S/C21H22N4O7/c1-2-20-12-23(11-15-6-4-3-5-7-15)19(13-31-20)14-32-21(26)22-16-8-17(24(27)28)10-18(9-16)25(29)30/h2-10,19-20H,1,11-14H2,(H,22,26)/t19-,20+/m1/s1. The van der Waals surface area contributed by atoms with Gasteiger partial charge in [0, 0.05) is 25.2 Å². The third-order valence-corrected chi connectivity index (χ3v) is 4.90. The minimum Gasteiger partial charge on any atom is -0.448 e. The van der Waals surface area contributed by atoms with Gasteiger partial charge in [-0.05, 0) is 5.56 Å². The topological polar surface area (TPSA) is 137 Å². The number of nitrogens with zero attached hydrogens (tertiary/aromatic N) is 3. The van der Waals surface area contributed by atoms with Crippen LogP contribution in [0.2, 0.25) is 0 Å². The SMILES string of the molecule is C=C[C@H]1CN(Cc2ccccc2)[C@@H](COC(=O)Nc2cc([N+](=O)[O-])cc([N+](=O)[O-])c2)CO1. The van der Waals surface area contributed by atoms with Crippen LogP contribution in [0, 0.1) is 20.2 Å². The van der Waals surface area contributed by atoms with Crippen LogP contribution in [0.4, 0.5) is 21.9 Å². The number of nitro groups is 2. The molecule has 1 aliphatic heterocycles. The predicted molar refractivity (Wildman–Crippen MR) is 115 cm³/mol. The van der Waals surface area contributed by atoms with Crippen molar-refractivity contribution in [3.63, 3.8) is 0 Å². The van der Waals surface area contributed by atoms with Crippen LogP contribution in [-0.2, 0) is 16.0 Å². The maximum absolute atomic E-state index is 12.3. The van der Waals surface area contributed by atoms with Crippen molar-refractivity contribution in [2.45, 2.75) is 18.7 Å². The van der Waals surface area contributed by atoms with Gasteiger partial charge in [0.1, 0.15) is 6.61 Å². The second-order valence-corrected chi connectivity index (χ2v) is 7.15. The Bertz CT molecular complexity index is 967. The smallest absolute Gasteiger partial charge is 0.411 e. The summed E-state index contributed by atoms with van der Waals surface area (Å²) in [4.78, 5) is 34.8. The van der Waals surface area contributed by atoms with Crippen LogP contribution in [0.3, 0.4) is 0 Å². The monoisotopic (exact) mass is 442 g/mol. The van der Waals surface area contributed by atoms with Crippen LogP contribution < -0.4 is 5.32 Å². The van der Waals surface area contributed by atoms with Crippen molar-refractivity contribution >= 4 is 23.2 Å². The number of rotatable bonds is 8. The van der Waals surface area contributed by atoms with Gasteiger partial charge in [-0.2, -0.15) is 0 Å². The van der Waals surface area contributed by atoms with Gasteiger partial charge in [-0.1, -0.05) is 36.4 Å². The van der Waals surface area contributed by atoms with Gasteiger partial charge in [0.05, 0.1) is 40.4 Å². The first-order valence-electron chi connectivity index (χ1n) is 9.75. The Morgan fingerprint density at radius 2 is 1.84 bits per heavy atom. The first-order valence-corrected chi connectivity index (χ1v) is 9.75. The summed E-state index contributed by atoms with van der Waals surface area (Å²) in [6, 6.07) is 12.4. The van der Waals surface area contributed by atoms with Crippen molar-refractivity contribution in [2.24, 2.45) is 0 Å². The summed E-state index contributed by atoms with van der Waals surface area (Å²) < 4.78 is 11.0. The van der Waals surface area contributed by atoms with Gasteiger partial charge in [-0.3, -0.25) is 30.4 Å². The predicted octanol–water partition coefficient (Wildman–Crippen LogP) is 3.51. The second-order valence-electron chi connectivity index (χ2n) is 7.15. The highest BCUT2D eigenvalue weighted by atomic mass is 16.6. The maximum atomic E-state index is 12.3. The second kappa shape index (κ2) is 10.5. The molecule has 0 unspecified atom stereocenters. The molecule has 0 spiro atoms. The van der Waals surface area contributed by atoms with Gasteiger partial charge in [0.25, 0.3) is 11.4 Å². The Kier molecular flexibility index (Phi) is 7.47. The Morgan fingerprint density at radius 1 is 1.19 bits per heavy atom. The van der Waals surface area contributed by atoms with E-state index in [2.05, 4.69) is 16.8 Å². The number of non-ortho nitro benzene ring substituents is 2. The van der Waals surface area contributed by atoms with E-state index in [0.717, 1.165) is 23.8 Å². The maximum Gasteiger partial charge on any atom is 0.411 e. The summed E-state index contributed by atoms with van der Waals surface area (Å²) in [5.74, 6) is 0. The molecule has 168 valence electrons. The van der Waals surface area contributed by atoms with E-state index in [1.165, 1.54) is 0 Å². The fourth-order valence-corrected chi connectivity index (χ4v) is 3.28. The third-order valence-electron chi connectivity index (χ3n) is 4.90. The van der Waals surface area contributed by atoms with E-state index in [4.69, 9.17) is 9.47 Å². The van der Waals surface area contributed by atoms with Crippen molar-refractivity contribution in [3.8, 4) is 0 Å². The molecule has 0 aromatic heterocycles. The number of hydrogen-bond donors (Lipinski definition) is 1. The van der Waals surface area contributed by atoms with E-state index in [-0.39, 0.29) is 24.4 Å². The van der Waals surface area contributed by atoms with Crippen LogP contribution in [0.1, 0.15) is 5.56 Å². The molecule has 0 aliphatic carbocycles. The highest BCUT2D eigenvalue weighted by molar-refractivity contribution is 5.85. The zero-order valence-electron chi connectivity index (χ0n) is 17.1. The number of carbonyl (C=O) groups is 1. The number of carbonyl (C=O) groups excluding carboxylic acids is 1. The summed E-state index contributed by atoms with van der Waals surface area (Å²) in [7, 11) is 0. The highest BCUT2D eigenvalue weighted by Gasteiger charge is 2.29. The number of morpholine rings is 1. The molecule has 2 aromatic rings. The minimum absolute atomic E-state index is 0.000447. The fourth-order valence-electron chi connectivity index (χ4n) is 3.28. The average Bonchev–Trinajstić information content (AvgIpc) is 2.78. The number of amides is 1. The summed E-state index contributed by atoms with van der Waals surface area (Å²) in [6.45, 7) is 5.29. The van der Waals surface area contributed by atoms with Crippen LogP contribution >= 0.6 is 0 Å². The van der Waals surface area contributed by atoms with Crippen molar-refractivity contribution in [1.82, 2.24) is 4.90 Å². The molecular formula is C21H22N4O7. The van der Waals surface area contributed by atoms with Gasteiger partial charge < -0.3 is 9.47 Å². The number of hydrogen-bond acceptors (Lipinski definition) is 8. The molecule has 1 fully saturated rings. The zero-order valence-corrected chi connectivity index (χ0v) is 17.1. The Morgan fingerprint density at radius 3 is 2.44 bits per heavy atom. The molecular weight excluding hydrogens is 420 g/mol. The summed E-state index contributed by atoms with van der Waals surface area (Å²) in [5, 5.41) is 24.3. The molecule has 32 heavy (non-hydrogen) atoms. The lowest BCUT2D eigenvalue weighted by Gasteiger charge is -2.38. The van der Waals surface area contributed by atoms with Crippen molar-refractivity contribution in [1.29, 1.82) is 0 Å². The molecule has 2 aromatic carbocycles. The lowest BCUT2D eigenvalue weighted by molar-refractivity contribution is -0.394. The number of nitrogens with one attached hydrogen (secondary N) is 1. The van der Waals surface area contributed by atoms with E-state index >= 15 is 0 Å². The van der Waals surface area contributed by atoms with Crippen LogP contribution in [0.15, 0.2) is 61.2 Å². The largest absolute Gasteiger partial charge is 0.448 e. The van der Waals surface area contributed by atoms with E-state index in [9.17, 15) is 25.0 Å². The quantitative estimate of drug-likeness (QED) is 0.372. The summed E-state index contributed by atoms with van der Waals surface area (Å²) in [5.41, 5.74) is -0.0430. The Hall–Kier alpha value is -3.83. The molecule has 0 bridgehead atoms. The molecule has 2 atom stereocenters. The number of ether oxygens (including phenoxy) is 2.